The molecule has 45 heavy (non-hydrogen) atoms. The second-order valence-corrected chi connectivity index (χ2v) is 14.3. The lowest BCUT2D eigenvalue weighted by atomic mass is 9.49. The average Bonchev–Trinajstić information content (AvgIpc) is 3.04. The number of hydrogen-bond acceptors (Lipinski definition) is 6. The number of carbonyl (C=O) groups excluding carboxylic acids is 1. The number of anilines is 1. The Morgan fingerprint density at radius 1 is 0.844 bits per heavy atom. The van der Waals surface area contributed by atoms with Crippen molar-refractivity contribution in [2.75, 3.05) is 58.9 Å². The van der Waals surface area contributed by atoms with E-state index in [-0.39, 0.29) is 11.7 Å². The summed E-state index contributed by atoms with van der Waals surface area (Å²) in [4.78, 5) is 20.3. The molecule has 4 bridgehead atoms. The third kappa shape index (κ3) is 6.11. The predicted molar refractivity (Wildman–Crippen MR) is 178 cm³/mol. The molecule has 0 aromatic heterocycles. The first-order chi connectivity index (χ1) is 21.8. The maximum absolute atomic E-state index is 13.5. The third-order valence-electron chi connectivity index (χ3n) is 11.1. The highest BCUT2D eigenvalue weighted by molar-refractivity contribution is 5.94. The van der Waals surface area contributed by atoms with Crippen LogP contribution in [0.4, 0.5) is 5.69 Å². The molecule has 5 fully saturated rings. The quantitative estimate of drug-likeness (QED) is 0.292. The molecule has 0 spiro atoms. The zero-order valence-electron chi connectivity index (χ0n) is 27.0. The lowest BCUT2D eigenvalue weighted by Gasteiger charge is -2.57. The number of amides is 1. The second-order valence-electron chi connectivity index (χ2n) is 14.3. The van der Waals surface area contributed by atoms with Crippen LogP contribution in [0.5, 0.6) is 17.2 Å². The molecule has 4 aliphatic carbocycles. The number of carbonyl (C=O) groups is 1. The molecular weight excluding hydrogens is 562 g/mol. The molecule has 0 atom stereocenters. The van der Waals surface area contributed by atoms with Crippen molar-refractivity contribution in [3.8, 4) is 28.4 Å². The fraction of sp³-hybridized carbons (Fsp3) is 0.500. The van der Waals surface area contributed by atoms with Crippen LogP contribution in [0.2, 0.25) is 0 Å². The molecule has 0 radical (unpaired) electrons. The van der Waals surface area contributed by atoms with Crippen LogP contribution in [0.3, 0.4) is 0 Å². The fourth-order valence-electron chi connectivity index (χ4n) is 9.47. The largest absolute Gasteiger partial charge is 0.508 e. The Kier molecular flexibility index (Phi) is 8.15. The van der Waals surface area contributed by atoms with Crippen LogP contribution in [0.25, 0.3) is 11.1 Å². The van der Waals surface area contributed by atoms with E-state index in [1.807, 2.05) is 48.3 Å². The summed E-state index contributed by atoms with van der Waals surface area (Å²) in [5, 5.41) is 9.96. The molecule has 8 rings (SSSR count). The smallest absolute Gasteiger partial charge is 0.253 e. The van der Waals surface area contributed by atoms with Gasteiger partial charge in [-0.1, -0.05) is 12.1 Å². The van der Waals surface area contributed by atoms with Crippen molar-refractivity contribution < 1.29 is 19.4 Å². The average molecular weight is 610 g/mol. The van der Waals surface area contributed by atoms with E-state index in [0.29, 0.717) is 5.41 Å². The van der Waals surface area contributed by atoms with Gasteiger partial charge >= 0.3 is 0 Å². The topological polar surface area (TPSA) is 65.5 Å². The Bertz CT molecular complexity index is 1470. The lowest BCUT2D eigenvalue weighted by molar-refractivity contribution is -0.0629. The summed E-state index contributed by atoms with van der Waals surface area (Å²) < 4.78 is 11.6. The first-order valence-electron chi connectivity index (χ1n) is 16.7. The van der Waals surface area contributed by atoms with E-state index < -0.39 is 0 Å². The van der Waals surface area contributed by atoms with Gasteiger partial charge in [-0.2, -0.15) is 0 Å². The molecule has 238 valence electrons. The first kappa shape index (κ1) is 30.0. The molecule has 3 aromatic carbocycles. The molecule has 5 aliphatic rings. The molecule has 3 aromatic rings. The molecule has 0 unspecified atom stereocenters. The summed E-state index contributed by atoms with van der Waals surface area (Å²) in [6.07, 6.45) is 8.28. The molecule has 1 amide bonds. The summed E-state index contributed by atoms with van der Waals surface area (Å²) in [6.45, 7) is 5.28. The van der Waals surface area contributed by atoms with Gasteiger partial charge in [0.05, 0.1) is 19.8 Å². The molecule has 1 aliphatic heterocycles. The number of nitrogens with zero attached hydrogens (tertiary/aromatic N) is 3. The Morgan fingerprint density at radius 3 is 2.00 bits per heavy atom. The van der Waals surface area contributed by atoms with Gasteiger partial charge < -0.3 is 24.4 Å². The van der Waals surface area contributed by atoms with Gasteiger partial charge in [0.25, 0.3) is 5.91 Å². The monoisotopic (exact) mass is 609 g/mol. The van der Waals surface area contributed by atoms with Crippen molar-refractivity contribution in [3.05, 3.63) is 71.8 Å². The minimum absolute atomic E-state index is 0.153. The summed E-state index contributed by atoms with van der Waals surface area (Å²) in [7, 11) is 5.40. The summed E-state index contributed by atoms with van der Waals surface area (Å²) >= 11 is 0. The van der Waals surface area contributed by atoms with Crippen LogP contribution >= 0.6 is 0 Å². The van der Waals surface area contributed by atoms with Gasteiger partial charge in [0.15, 0.2) is 0 Å². The summed E-state index contributed by atoms with van der Waals surface area (Å²) in [6, 6.07) is 19.5. The number of phenols is 1. The van der Waals surface area contributed by atoms with E-state index in [2.05, 4.69) is 21.9 Å². The second kappa shape index (κ2) is 12.2. The minimum Gasteiger partial charge on any atom is -0.508 e. The van der Waals surface area contributed by atoms with Gasteiger partial charge in [0, 0.05) is 57.6 Å². The van der Waals surface area contributed by atoms with E-state index in [9.17, 15) is 9.90 Å². The molecule has 7 heteroatoms. The first-order valence-corrected chi connectivity index (χ1v) is 16.7. The van der Waals surface area contributed by atoms with Crippen molar-refractivity contribution in [2.24, 2.45) is 23.2 Å². The van der Waals surface area contributed by atoms with Crippen LogP contribution in [-0.4, -0.2) is 74.8 Å². The lowest BCUT2D eigenvalue weighted by Crippen LogP contribution is -2.51. The number of benzene rings is 3. The standard InChI is InChI=1S/C38H47N3O4/c1-39(25-38-21-26-15-27(22-38)17-28(16-26)23-38)37(43)29-7-9-32(10-8-29)41-13-11-40(12-14-41)24-34-35(44-2)19-31(20-36(34)45-3)30-5-4-6-33(42)18-30/h4-10,18-20,26-28,42H,11-17,21-25H2,1-3H3. The highest BCUT2D eigenvalue weighted by Crippen LogP contribution is 2.60. The number of piperazine rings is 1. The van der Waals surface area contributed by atoms with Crippen LogP contribution < -0.4 is 14.4 Å². The van der Waals surface area contributed by atoms with E-state index in [4.69, 9.17) is 9.47 Å². The molecule has 1 N–H and O–H groups in total. The molecule has 4 saturated carbocycles. The van der Waals surface area contributed by atoms with Crippen molar-refractivity contribution in [1.82, 2.24) is 9.80 Å². The van der Waals surface area contributed by atoms with E-state index >= 15 is 0 Å². The highest BCUT2D eigenvalue weighted by atomic mass is 16.5. The maximum Gasteiger partial charge on any atom is 0.253 e. The number of methoxy groups -OCH3 is 2. The normalized spacial score (nSPS) is 25.8. The van der Waals surface area contributed by atoms with Crippen molar-refractivity contribution >= 4 is 11.6 Å². The van der Waals surface area contributed by atoms with Crippen LogP contribution in [0.15, 0.2) is 60.7 Å². The Labute approximate surface area is 267 Å². The minimum atomic E-state index is 0.153. The van der Waals surface area contributed by atoms with Crippen LogP contribution in [-0.2, 0) is 6.54 Å². The Balaban J connectivity index is 0.960. The summed E-state index contributed by atoms with van der Waals surface area (Å²) in [5.41, 5.74) is 5.19. The van der Waals surface area contributed by atoms with Gasteiger partial charge in [-0.3, -0.25) is 9.69 Å². The molecular formula is C38H47N3O4. The van der Waals surface area contributed by atoms with Crippen molar-refractivity contribution in [3.63, 3.8) is 0 Å². The van der Waals surface area contributed by atoms with E-state index in [1.165, 1.54) is 44.2 Å². The molecule has 1 saturated heterocycles. The van der Waals surface area contributed by atoms with E-state index in [1.54, 1.807) is 26.4 Å². The van der Waals surface area contributed by atoms with Crippen molar-refractivity contribution in [1.29, 1.82) is 0 Å². The number of aromatic hydroxyl groups is 1. The number of rotatable bonds is 9. The number of hydrogen-bond donors (Lipinski definition) is 1. The third-order valence-corrected chi connectivity index (χ3v) is 11.1. The van der Waals surface area contributed by atoms with Gasteiger partial charge in [0.1, 0.15) is 17.2 Å². The SMILES string of the molecule is COc1cc(-c2cccc(O)c2)cc(OC)c1CN1CCN(c2ccc(C(=O)N(C)CC34CC5CC(CC(C5)C3)C4)cc2)CC1. The maximum atomic E-state index is 13.5. The number of phenolic OH excluding ortho intramolecular Hbond substituents is 1. The molecule has 1 heterocycles. The zero-order chi connectivity index (χ0) is 31.1. The molecule has 7 nitrogen and oxygen atoms in total. The summed E-state index contributed by atoms with van der Waals surface area (Å²) in [5.74, 6) is 4.65. The number of ether oxygens (including phenoxy) is 2. The zero-order valence-corrected chi connectivity index (χ0v) is 27.0. The fourth-order valence-corrected chi connectivity index (χ4v) is 9.47. The van der Waals surface area contributed by atoms with Crippen LogP contribution in [0, 0.1) is 23.2 Å². The van der Waals surface area contributed by atoms with Crippen molar-refractivity contribution in [2.45, 2.75) is 45.1 Å². The van der Waals surface area contributed by atoms with Gasteiger partial charge in [-0.05, 0) is 121 Å². The predicted octanol–water partition coefficient (Wildman–Crippen LogP) is 6.69. The van der Waals surface area contributed by atoms with Crippen LogP contribution in [0.1, 0.15) is 54.4 Å². The van der Waals surface area contributed by atoms with Gasteiger partial charge in [-0.15, -0.1) is 0 Å². The highest BCUT2D eigenvalue weighted by Gasteiger charge is 2.51. The Hall–Kier alpha value is -3.71. The van der Waals surface area contributed by atoms with Gasteiger partial charge in [0.2, 0.25) is 0 Å². The Morgan fingerprint density at radius 2 is 1.44 bits per heavy atom. The van der Waals surface area contributed by atoms with Gasteiger partial charge in [-0.25, -0.2) is 0 Å². The van der Waals surface area contributed by atoms with E-state index in [0.717, 1.165) is 90.8 Å².